The van der Waals surface area contributed by atoms with Crippen LogP contribution in [0.25, 0.3) is 5.57 Å². The Kier molecular flexibility index (Phi) is 3.73. The monoisotopic (exact) mass is 366 g/mol. The van der Waals surface area contributed by atoms with Crippen LogP contribution in [-0.4, -0.2) is 10.1 Å². The molecule has 4 rings (SSSR count). The zero-order valence-corrected chi connectivity index (χ0v) is 14.6. The van der Waals surface area contributed by atoms with Crippen molar-refractivity contribution in [1.82, 2.24) is 0 Å². The van der Waals surface area contributed by atoms with E-state index in [0.29, 0.717) is 11.7 Å². The topological polar surface area (TPSA) is 17.1 Å². The van der Waals surface area contributed by atoms with E-state index < -0.39 is 0 Å². The van der Waals surface area contributed by atoms with Gasteiger partial charge < -0.3 is 0 Å². The van der Waals surface area contributed by atoms with E-state index in [4.69, 9.17) is 0 Å². The molecule has 0 aliphatic heterocycles. The summed E-state index contributed by atoms with van der Waals surface area (Å²) < 4.78 is -0.296. The number of alkyl halides is 1. The van der Waals surface area contributed by atoms with E-state index in [0.717, 1.165) is 41.5 Å². The summed E-state index contributed by atoms with van der Waals surface area (Å²) in [4.78, 5) is 13.0. The molecule has 2 aliphatic rings. The molecule has 0 aromatic heterocycles. The third-order valence-electron chi connectivity index (χ3n) is 5.20. The van der Waals surface area contributed by atoms with Crippen molar-refractivity contribution < 1.29 is 4.79 Å². The number of halogens is 1. The first-order chi connectivity index (χ1) is 11.2. The molecule has 0 heterocycles. The largest absolute Gasteiger partial charge is 0.293 e. The van der Waals surface area contributed by atoms with Crippen LogP contribution < -0.4 is 0 Å². The van der Waals surface area contributed by atoms with Crippen molar-refractivity contribution in [2.45, 2.75) is 30.0 Å². The fraction of sp³-hybridized carbons (Fsp3) is 0.286. The summed E-state index contributed by atoms with van der Waals surface area (Å²) in [5.74, 6) is 0.643. The molecule has 0 N–H and O–H groups in total. The highest BCUT2D eigenvalue weighted by molar-refractivity contribution is 9.10. The first-order valence-corrected chi connectivity index (χ1v) is 9.10. The van der Waals surface area contributed by atoms with E-state index in [2.05, 4.69) is 40.2 Å². The fourth-order valence-corrected chi connectivity index (χ4v) is 5.01. The van der Waals surface area contributed by atoms with Gasteiger partial charge in [-0.15, -0.1) is 0 Å². The lowest BCUT2D eigenvalue weighted by atomic mass is 9.59. The minimum atomic E-state index is -0.296. The van der Waals surface area contributed by atoms with E-state index in [1.165, 1.54) is 6.42 Å². The predicted molar refractivity (Wildman–Crippen MR) is 97.5 cm³/mol. The molecule has 2 aromatic carbocycles. The van der Waals surface area contributed by atoms with Crippen molar-refractivity contribution in [3.63, 3.8) is 0 Å². The molecule has 23 heavy (non-hydrogen) atoms. The lowest BCUT2D eigenvalue weighted by molar-refractivity contribution is -0.125. The zero-order chi connectivity index (χ0) is 15.9. The third-order valence-corrected chi connectivity index (χ3v) is 6.51. The van der Waals surface area contributed by atoms with Crippen LogP contribution in [-0.2, 0) is 4.79 Å². The van der Waals surface area contributed by atoms with E-state index in [1.54, 1.807) is 0 Å². The van der Waals surface area contributed by atoms with Gasteiger partial charge in [0.2, 0.25) is 0 Å². The fourth-order valence-electron chi connectivity index (χ4n) is 4.06. The Morgan fingerprint density at radius 2 is 1.48 bits per heavy atom. The highest BCUT2D eigenvalue weighted by Gasteiger charge is 2.58. The Balaban J connectivity index is 1.91. The van der Waals surface area contributed by atoms with Crippen LogP contribution >= 0.6 is 15.9 Å². The molecule has 1 nitrogen and oxygen atoms in total. The van der Waals surface area contributed by atoms with Crippen LogP contribution in [0.15, 0.2) is 66.2 Å². The molecule has 2 saturated carbocycles. The van der Waals surface area contributed by atoms with Gasteiger partial charge in [-0.05, 0) is 29.5 Å². The van der Waals surface area contributed by atoms with Gasteiger partial charge in [-0.2, -0.15) is 0 Å². The predicted octanol–water partition coefficient (Wildman–Crippen LogP) is 5.40. The van der Waals surface area contributed by atoms with E-state index in [1.807, 2.05) is 36.4 Å². The Morgan fingerprint density at radius 3 is 2.04 bits per heavy atom. The maximum absolute atomic E-state index is 13.0. The van der Waals surface area contributed by atoms with Crippen molar-refractivity contribution in [3.05, 3.63) is 77.4 Å². The molecule has 0 radical (unpaired) electrons. The molecule has 2 aromatic rings. The number of hydrogen-bond acceptors (Lipinski definition) is 1. The molecule has 2 atom stereocenters. The SMILES string of the molecule is O=C1C(=C(c2ccccc2)c2ccccc2)[C@H]2CCCC[C@@]12Br. The van der Waals surface area contributed by atoms with E-state index in [-0.39, 0.29) is 4.32 Å². The molecular formula is C21H19BrO. The third kappa shape index (κ3) is 2.31. The van der Waals surface area contributed by atoms with Gasteiger partial charge in [0.25, 0.3) is 0 Å². The Morgan fingerprint density at radius 1 is 0.913 bits per heavy atom. The minimum absolute atomic E-state index is 0.296. The molecule has 116 valence electrons. The Labute approximate surface area is 145 Å². The summed E-state index contributed by atoms with van der Waals surface area (Å²) in [7, 11) is 0. The Bertz CT molecular complexity index is 721. The second-order valence-corrected chi connectivity index (χ2v) is 7.93. The summed E-state index contributed by atoms with van der Waals surface area (Å²) in [6, 6.07) is 20.7. The number of rotatable bonds is 2. The van der Waals surface area contributed by atoms with Gasteiger partial charge in [0, 0.05) is 11.5 Å². The van der Waals surface area contributed by atoms with Crippen LogP contribution in [0.4, 0.5) is 0 Å². The normalized spacial score (nSPS) is 26.4. The van der Waals surface area contributed by atoms with Gasteiger partial charge >= 0.3 is 0 Å². The standard InChI is InChI=1S/C21H19BrO/c22-21-14-8-7-13-17(21)19(20(21)23)18(15-9-3-1-4-10-15)16-11-5-2-6-12-16/h1-6,9-12,17H,7-8,13-14H2/t17-,21+/m1/s1. The number of Topliss-reactive ketones (excluding diaryl/α,β-unsaturated/α-hetero) is 1. The number of benzene rings is 2. The average molecular weight is 367 g/mol. The molecule has 2 aliphatic carbocycles. The molecule has 2 fully saturated rings. The highest BCUT2D eigenvalue weighted by Crippen LogP contribution is 2.57. The van der Waals surface area contributed by atoms with Gasteiger partial charge in [0.05, 0.1) is 4.32 Å². The second-order valence-electron chi connectivity index (χ2n) is 6.51. The van der Waals surface area contributed by atoms with E-state index >= 15 is 0 Å². The first kappa shape index (κ1) is 14.9. The maximum Gasteiger partial charge on any atom is 0.177 e. The summed E-state index contributed by atoms with van der Waals surface area (Å²) in [6.07, 6.45) is 4.44. The smallest absolute Gasteiger partial charge is 0.177 e. The summed E-state index contributed by atoms with van der Waals surface area (Å²) in [5.41, 5.74) is 4.43. The zero-order valence-electron chi connectivity index (χ0n) is 13.0. The first-order valence-electron chi connectivity index (χ1n) is 8.30. The molecular weight excluding hydrogens is 348 g/mol. The number of hydrogen-bond donors (Lipinski definition) is 0. The number of fused-ring (bicyclic) bond motifs is 1. The molecule has 0 amide bonds. The average Bonchev–Trinajstić information content (AvgIpc) is 2.61. The molecule has 2 heteroatoms. The van der Waals surface area contributed by atoms with Gasteiger partial charge in [-0.1, -0.05) is 89.4 Å². The number of carbonyl (C=O) groups is 1. The van der Waals surface area contributed by atoms with Crippen LogP contribution in [0.1, 0.15) is 36.8 Å². The number of ketones is 1. The Hall–Kier alpha value is -1.67. The number of carbonyl (C=O) groups excluding carboxylic acids is 1. The van der Waals surface area contributed by atoms with Crippen molar-refractivity contribution in [2.75, 3.05) is 0 Å². The van der Waals surface area contributed by atoms with Crippen molar-refractivity contribution >= 4 is 27.3 Å². The van der Waals surface area contributed by atoms with Gasteiger partial charge in [-0.25, -0.2) is 0 Å². The molecule has 0 saturated heterocycles. The summed E-state index contributed by atoms with van der Waals surface area (Å²) in [6.45, 7) is 0. The quantitative estimate of drug-likeness (QED) is 0.513. The molecule has 0 unspecified atom stereocenters. The van der Waals surface area contributed by atoms with Crippen molar-refractivity contribution in [3.8, 4) is 0 Å². The number of allylic oxidation sites excluding steroid dienone is 1. The molecule has 0 bridgehead atoms. The van der Waals surface area contributed by atoms with Gasteiger partial charge in [-0.3, -0.25) is 4.79 Å². The van der Waals surface area contributed by atoms with Crippen LogP contribution in [0.2, 0.25) is 0 Å². The lowest BCUT2D eigenvalue weighted by Gasteiger charge is -2.50. The van der Waals surface area contributed by atoms with Crippen LogP contribution in [0.5, 0.6) is 0 Å². The van der Waals surface area contributed by atoms with Crippen molar-refractivity contribution in [2.24, 2.45) is 5.92 Å². The van der Waals surface area contributed by atoms with E-state index in [9.17, 15) is 4.79 Å². The maximum atomic E-state index is 13.0. The minimum Gasteiger partial charge on any atom is -0.293 e. The highest BCUT2D eigenvalue weighted by atomic mass is 79.9. The second kappa shape index (κ2) is 5.76. The van der Waals surface area contributed by atoms with Crippen LogP contribution in [0.3, 0.4) is 0 Å². The van der Waals surface area contributed by atoms with Gasteiger partial charge in [0.15, 0.2) is 5.78 Å². The molecule has 0 spiro atoms. The lowest BCUT2D eigenvalue weighted by Crippen LogP contribution is -2.56. The van der Waals surface area contributed by atoms with Crippen LogP contribution in [0, 0.1) is 5.92 Å². The summed E-state index contributed by atoms with van der Waals surface area (Å²) >= 11 is 3.78. The van der Waals surface area contributed by atoms with Gasteiger partial charge in [0.1, 0.15) is 0 Å². The van der Waals surface area contributed by atoms with Crippen molar-refractivity contribution in [1.29, 1.82) is 0 Å². The summed E-state index contributed by atoms with van der Waals surface area (Å²) in [5, 5.41) is 0.